The lowest BCUT2D eigenvalue weighted by Crippen LogP contribution is -1.95. The number of benzene rings is 1. The summed E-state index contributed by atoms with van der Waals surface area (Å²) >= 11 is 0. The van der Waals surface area contributed by atoms with E-state index in [9.17, 15) is 10.1 Å². The summed E-state index contributed by atoms with van der Waals surface area (Å²) < 4.78 is 0. The van der Waals surface area contributed by atoms with E-state index in [-0.39, 0.29) is 11.4 Å². The molecule has 0 aromatic heterocycles. The molecule has 0 amide bonds. The molecular weight excluding hydrogens is 196 g/mol. The number of aromatic hydroxyl groups is 1. The Morgan fingerprint density at radius 1 is 1.53 bits per heavy atom. The molecule has 0 radical (unpaired) electrons. The Labute approximate surface area is 87.0 Å². The van der Waals surface area contributed by atoms with Gasteiger partial charge in [0.05, 0.1) is 16.6 Å². The van der Waals surface area contributed by atoms with Gasteiger partial charge in [-0.1, -0.05) is 12.2 Å². The largest absolute Gasteiger partial charge is 0.508 e. The second kappa shape index (κ2) is 5.11. The number of nitrogens with zero attached hydrogens (tertiary/aromatic N) is 1. The minimum atomic E-state index is -0.526. The second-order valence-corrected chi connectivity index (χ2v) is 2.98. The van der Waals surface area contributed by atoms with Crippen LogP contribution in [0.5, 0.6) is 5.75 Å². The van der Waals surface area contributed by atoms with Crippen molar-refractivity contribution < 1.29 is 10.0 Å². The molecule has 0 aliphatic rings. The van der Waals surface area contributed by atoms with Crippen LogP contribution in [0.1, 0.15) is 12.0 Å². The van der Waals surface area contributed by atoms with Gasteiger partial charge in [0.15, 0.2) is 0 Å². The molecule has 0 saturated heterocycles. The summed E-state index contributed by atoms with van der Waals surface area (Å²) in [7, 11) is 0. The Morgan fingerprint density at radius 3 is 2.87 bits per heavy atom. The van der Waals surface area contributed by atoms with Gasteiger partial charge in [0.25, 0.3) is 5.69 Å². The molecular formula is C10H12N2O3. The summed E-state index contributed by atoms with van der Waals surface area (Å²) in [5.41, 5.74) is 5.65. The van der Waals surface area contributed by atoms with E-state index >= 15 is 0 Å². The maximum absolute atomic E-state index is 10.6. The highest BCUT2D eigenvalue weighted by atomic mass is 16.6. The van der Waals surface area contributed by atoms with E-state index in [2.05, 4.69) is 0 Å². The summed E-state index contributed by atoms with van der Waals surface area (Å²) in [5, 5.41) is 19.8. The van der Waals surface area contributed by atoms with Gasteiger partial charge in [-0.3, -0.25) is 10.1 Å². The summed E-state index contributed by atoms with van der Waals surface area (Å²) in [6, 6.07) is 4.04. The third-order valence-corrected chi connectivity index (χ3v) is 1.84. The summed E-state index contributed by atoms with van der Waals surface area (Å²) in [6.45, 7) is 0.502. The van der Waals surface area contributed by atoms with Crippen LogP contribution in [0, 0.1) is 10.1 Å². The average molecular weight is 208 g/mol. The molecule has 0 saturated carbocycles. The van der Waals surface area contributed by atoms with Gasteiger partial charge < -0.3 is 10.8 Å². The van der Waals surface area contributed by atoms with Gasteiger partial charge in [0, 0.05) is 0 Å². The van der Waals surface area contributed by atoms with Crippen LogP contribution in [0.15, 0.2) is 24.3 Å². The Bertz CT molecular complexity index is 388. The Kier molecular flexibility index (Phi) is 3.82. The van der Waals surface area contributed by atoms with Crippen molar-refractivity contribution in [2.45, 2.75) is 6.42 Å². The first-order chi connectivity index (χ1) is 7.15. The Balaban J connectivity index is 3.01. The molecule has 0 bridgehead atoms. The fraction of sp³-hybridized carbons (Fsp3) is 0.200. The van der Waals surface area contributed by atoms with Crippen molar-refractivity contribution in [2.24, 2.45) is 5.73 Å². The smallest absolute Gasteiger partial charge is 0.280 e. The number of nitro groups is 1. The topological polar surface area (TPSA) is 89.4 Å². The van der Waals surface area contributed by atoms with E-state index in [4.69, 9.17) is 10.8 Å². The van der Waals surface area contributed by atoms with Gasteiger partial charge in [-0.05, 0) is 25.1 Å². The molecule has 1 aromatic carbocycles. The maximum atomic E-state index is 10.6. The van der Waals surface area contributed by atoms with Crippen LogP contribution in [0.3, 0.4) is 0 Å². The van der Waals surface area contributed by atoms with Crippen LogP contribution in [0.25, 0.3) is 6.08 Å². The molecule has 0 unspecified atom stereocenters. The first kappa shape index (κ1) is 11.2. The number of hydrogen-bond donors (Lipinski definition) is 2. The zero-order valence-corrected chi connectivity index (χ0v) is 8.09. The predicted octanol–water partition coefficient (Wildman–Crippen LogP) is 1.66. The van der Waals surface area contributed by atoms with E-state index in [0.717, 1.165) is 6.07 Å². The van der Waals surface area contributed by atoms with Crippen molar-refractivity contribution in [2.75, 3.05) is 6.54 Å². The number of phenols is 1. The molecule has 5 nitrogen and oxygen atoms in total. The number of nitrogens with two attached hydrogens (primary N) is 1. The van der Waals surface area contributed by atoms with E-state index in [0.29, 0.717) is 18.5 Å². The molecule has 0 spiro atoms. The zero-order chi connectivity index (χ0) is 11.3. The lowest BCUT2D eigenvalue weighted by Gasteiger charge is -1.98. The molecule has 15 heavy (non-hydrogen) atoms. The van der Waals surface area contributed by atoms with Crippen molar-refractivity contribution in [1.29, 1.82) is 0 Å². The third kappa shape index (κ3) is 3.07. The molecule has 0 heterocycles. The van der Waals surface area contributed by atoms with Crippen LogP contribution in [0.4, 0.5) is 5.69 Å². The third-order valence-electron chi connectivity index (χ3n) is 1.84. The summed E-state index contributed by atoms with van der Waals surface area (Å²) in [4.78, 5) is 10.1. The first-order valence-corrected chi connectivity index (χ1v) is 4.49. The molecule has 0 aliphatic carbocycles. The molecule has 5 heteroatoms. The van der Waals surface area contributed by atoms with Crippen LogP contribution < -0.4 is 5.73 Å². The fourth-order valence-corrected chi connectivity index (χ4v) is 1.14. The fourth-order valence-electron chi connectivity index (χ4n) is 1.14. The van der Waals surface area contributed by atoms with Gasteiger partial charge in [-0.2, -0.15) is 0 Å². The van der Waals surface area contributed by atoms with Crippen molar-refractivity contribution in [3.05, 3.63) is 40.0 Å². The van der Waals surface area contributed by atoms with Gasteiger partial charge in [0.1, 0.15) is 5.75 Å². The minimum absolute atomic E-state index is 0.108. The van der Waals surface area contributed by atoms with Crippen molar-refractivity contribution in [1.82, 2.24) is 0 Å². The molecule has 80 valence electrons. The van der Waals surface area contributed by atoms with Gasteiger partial charge in [-0.15, -0.1) is 0 Å². The molecule has 0 aliphatic heterocycles. The van der Waals surface area contributed by atoms with Gasteiger partial charge in [0.2, 0.25) is 0 Å². The molecule has 0 atom stereocenters. The number of nitro benzene ring substituents is 1. The second-order valence-electron chi connectivity index (χ2n) is 2.98. The normalized spacial score (nSPS) is 10.7. The van der Waals surface area contributed by atoms with Crippen LogP contribution >= 0.6 is 0 Å². The predicted molar refractivity (Wildman–Crippen MR) is 57.5 cm³/mol. The number of phenolic OH excluding ortho intramolecular Hbond substituents is 1. The molecule has 3 N–H and O–H groups in total. The molecule has 0 fully saturated rings. The Hall–Kier alpha value is -1.88. The van der Waals surface area contributed by atoms with Gasteiger partial charge >= 0.3 is 0 Å². The minimum Gasteiger partial charge on any atom is -0.508 e. The lowest BCUT2D eigenvalue weighted by atomic mass is 10.1. The maximum Gasteiger partial charge on any atom is 0.280 e. The van der Waals surface area contributed by atoms with Crippen molar-refractivity contribution in [3.63, 3.8) is 0 Å². The molecule has 1 aromatic rings. The van der Waals surface area contributed by atoms with E-state index in [1.807, 2.05) is 0 Å². The lowest BCUT2D eigenvalue weighted by molar-refractivity contribution is -0.385. The Morgan fingerprint density at radius 2 is 2.27 bits per heavy atom. The van der Waals surface area contributed by atoms with E-state index in [1.165, 1.54) is 12.1 Å². The molecule has 1 rings (SSSR count). The number of hydrogen-bond acceptors (Lipinski definition) is 4. The highest BCUT2D eigenvalue weighted by molar-refractivity contribution is 5.62. The SMILES string of the molecule is NCCC=Cc1ccc(O)cc1[N+](=O)[O-]. The summed E-state index contributed by atoms with van der Waals surface area (Å²) in [5.74, 6) is -0.113. The summed E-state index contributed by atoms with van der Waals surface area (Å²) in [6.07, 6.45) is 4.06. The van der Waals surface area contributed by atoms with Gasteiger partial charge in [-0.25, -0.2) is 0 Å². The monoisotopic (exact) mass is 208 g/mol. The van der Waals surface area contributed by atoms with E-state index in [1.54, 1.807) is 12.2 Å². The van der Waals surface area contributed by atoms with Crippen LogP contribution in [-0.2, 0) is 0 Å². The van der Waals surface area contributed by atoms with Crippen molar-refractivity contribution in [3.8, 4) is 5.75 Å². The van der Waals surface area contributed by atoms with Crippen LogP contribution in [0.2, 0.25) is 0 Å². The zero-order valence-electron chi connectivity index (χ0n) is 8.09. The van der Waals surface area contributed by atoms with Crippen molar-refractivity contribution >= 4 is 11.8 Å². The average Bonchev–Trinajstić information content (AvgIpc) is 2.20. The first-order valence-electron chi connectivity index (χ1n) is 4.49. The standard InChI is InChI=1S/C10H12N2O3/c11-6-2-1-3-8-4-5-9(13)7-10(8)12(14)15/h1,3-5,7,13H,2,6,11H2. The van der Waals surface area contributed by atoms with E-state index < -0.39 is 4.92 Å². The quantitative estimate of drug-likeness (QED) is 0.581. The highest BCUT2D eigenvalue weighted by Crippen LogP contribution is 2.24. The number of rotatable bonds is 4. The highest BCUT2D eigenvalue weighted by Gasteiger charge is 2.11. The van der Waals surface area contributed by atoms with Crippen LogP contribution in [-0.4, -0.2) is 16.6 Å².